The van der Waals surface area contributed by atoms with Crippen LogP contribution in [0.1, 0.15) is 2.85 Å². The quantitative estimate of drug-likeness (QED) is 0.350. The average Bonchev–Trinajstić information content (AvgIpc) is 0. The van der Waals surface area contributed by atoms with E-state index in [0.717, 1.165) is 0 Å². The average molecular weight is 111 g/mol. The summed E-state index contributed by atoms with van der Waals surface area (Å²) in [6.07, 6.45) is 0. The zero-order chi connectivity index (χ0) is 0. The van der Waals surface area contributed by atoms with Gasteiger partial charge in [0.2, 0.25) is 0 Å². The maximum absolute atomic E-state index is 0. The molecule has 0 aromatic carbocycles. The van der Waals surface area contributed by atoms with Crippen LogP contribution in [0.25, 0.3) is 0 Å². The fourth-order valence-corrected chi connectivity index (χ4v) is 0. The van der Waals surface area contributed by atoms with Crippen LogP contribution in [0.5, 0.6) is 0 Å². The Morgan fingerprint density at radius 1 is 1.00 bits per heavy atom. The second-order valence-electron chi connectivity index (χ2n) is 0. The van der Waals surface area contributed by atoms with Gasteiger partial charge in [-0.25, -0.2) is 0 Å². The maximum Gasteiger partial charge on any atom is 2.00 e. The second-order valence-corrected chi connectivity index (χ2v) is 0. The van der Waals surface area contributed by atoms with Gasteiger partial charge in [0.1, 0.15) is 0 Å². The summed E-state index contributed by atoms with van der Waals surface area (Å²) < 4.78 is 0. The second kappa shape index (κ2) is 23.4. The Morgan fingerprint density at radius 2 is 1.00 bits per heavy atom. The summed E-state index contributed by atoms with van der Waals surface area (Å²) in [5.41, 5.74) is 0. The Bertz CT molecular complexity index is 11.5. The van der Waals surface area contributed by atoms with Crippen LogP contribution in [-0.2, 0) is 0 Å². The summed E-state index contributed by atoms with van der Waals surface area (Å²) in [4.78, 5) is 0. The van der Waals surface area contributed by atoms with E-state index in [9.17, 15) is 0 Å². The minimum absolute atomic E-state index is 0. The zero-order valence-corrected chi connectivity index (χ0v) is 7.07. The molecule has 28 valence electrons. The van der Waals surface area contributed by atoms with E-state index >= 15 is 0 Å². The van der Waals surface area contributed by atoms with E-state index in [1.807, 2.05) is 0 Å². The van der Waals surface area contributed by atoms with E-state index in [-0.39, 0.29) is 51.9 Å². The molecular formula is H11MgNP2. The first-order valence-corrected chi connectivity index (χ1v) is 0. The maximum atomic E-state index is 0. The van der Waals surface area contributed by atoms with Gasteiger partial charge in [0, 0.05) is 0 Å². The van der Waals surface area contributed by atoms with E-state index in [0.29, 0.717) is 0 Å². The van der Waals surface area contributed by atoms with Crippen molar-refractivity contribution in [2.75, 3.05) is 0 Å². The van der Waals surface area contributed by atoms with Crippen LogP contribution in [0.3, 0.4) is 0 Å². The van der Waals surface area contributed by atoms with Gasteiger partial charge in [-0.1, -0.05) is 0 Å². The standard InChI is InChI=1S/Mg.H3N.2H3P.2H/h;3*1H3;;/q+2;;;;2*-1. The van der Waals surface area contributed by atoms with E-state index < -0.39 is 0 Å². The van der Waals surface area contributed by atoms with Crippen molar-refractivity contribution in [3.63, 3.8) is 0 Å². The molecule has 4 heavy (non-hydrogen) atoms. The Hall–Kier alpha value is 1.59. The van der Waals surface area contributed by atoms with Gasteiger partial charge in [-0.15, -0.1) is 0 Å². The van der Waals surface area contributed by atoms with Crippen molar-refractivity contribution in [3.8, 4) is 0 Å². The van der Waals surface area contributed by atoms with E-state index in [1.54, 1.807) is 0 Å². The summed E-state index contributed by atoms with van der Waals surface area (Å²) in [6.45, 7) is 0. The van der Waals surface area contributed by atoms with Gasteiger partial charge in [-0.2, -0.15) is 19.8 Å². The molecule has 0 spiro atoms. The third-order valence-corrected chi connectivity index (χ3v) is 0. The Morgan fingerprint density at radius 3 is 1.00 bits per heavy atom. The molecule has 0 bridgehead atoms. The van der Waals surface area contributed by atoms with Gasteiger partial charge in [-0.3, -0.25) is 0 Å². The first kappa shape index (κ1) is 46.7. The molecule has 0 radical (unpaired) electrons. The molecule has 2 atom stereocenters. The summed E-state index contributed by atoms with van der Waals surface area (Å²) in [6, 6.07) is 0. The molecule has 1 nitrogen and oxygen atoms in total. The van der Waals surface area contributed by atoms with Crippen molar-refractivity contribution in [3.05, 3.63) is 0 Å². The molecule has 0 aliphatic carbocycles. The van der Waals surface area contributed by atoms with E-state index in [4.69, 9.17) is 0 Å². The third kappa shape index (κ3) is 9.53. The summed E-state index contributed by atoms with van der Waals surface area (Å²) in [5, 5.41) is 0. The summed E-state index contributed by atoms with van der Waals surface area (Å²) in [5.74, 6) is 0. The first-order valence-electron chi connectivity index (χ1n) is 0. The van der Waals surface area contributed by atoms with Crippen LogP contribution >= 0.6 is 19.8 Å². The van der Waals surface area contributed by atoms with Gasteiger partial charge in [0.05, 0.1) is 0 Å². The van der Waals surface area contributed by atoms with Crippen LogP contribution in [0.4, 0.5) is 0 Å². The molecule has 4 heteroatoms. The van der Waals surface area contributed by atoms with E-state index in [1.165, 1.54) is 0 Å². The monoisotopic (exact) mass is 111 g/mol. The third-order valence-electron chi connectivity index (χ3n) is 0. The SMILES string of the molecule is N.P.P.[H-].[H-].[Mg+2]. The molecule has 0 amide bonds. The zero-order valence-electron chi connectivity index (χ0n) is 4.83. The van der Waals surface area contributed by atoms with Crippen molar-refractivity contribution in [1.29, 1.82) is 0 Å². The minimum Gasteiger partial charge on any atom is -1.00 e. The van der Waals surface area contributed by atoms with Crippen LogP contribution in [0, 0.1) is 0 Å². The van der Waals surface area contributed by atoms with Gasteiger partial charge >= 0.3 is 23.1 Å². The van der Waals surface area contributed by atoms with E-state index in [2.05, 4.69) is 0 Å². The molecule has 0 heterocycles. The number of hydrogen-bond acceptors (Lipinski definition) is 1. The molecule has 0 aliphatic rings. The van der Waals surface area contributed by atoms with Crippen molar-refractivity contribution >= 4 is 42.9 Å². The Kier molecular flexibility index (Phi) is 274. The van der Waals surface area contributed by atoms with Crippen LogP contribution < -0.4 is 6.15 Å². The fourth-order valence-electron chi connectivity index (χ4n) is 0. The molecule has 0 aliphatic heterocycles. The molecule has 0 fully saturated rings. The largest absolute Gasteiger partial charge is 2.00 e. The van der Waals surface area contributed by atoms with Crippen molar-refractivity contribution in [1.82, 2.24) is 6.15 Å². The van der Waals surface area contributed by atoms with Crippen LogP contribution in [0.15, 0.2) is 0 Å². The van der Waals surface area contributed by atoms with Gasteiger partial charge in [-0.05, 0) is 0 Å². The van der Waals surface area contributed by atoms with Gasteiger partial charge in [0.15, 0.2) is 0 Å². The predicted octanol–water partition coefficient (Wildman–Crippen LogP) is 0.122. The molecule has 0 saturated heterocycles. The normalized spacial score (nSPS) is 0. The topological polar surface area (TPSA) is 35.0 Å². The van der Waals surface area contributed by atoms with Crippen molar-refractivity contribution in [2.24, 2.45) is 0 Å². The Balaban J connectivity index is 0. The molecule has 0 saturated carbocycles. The fraction of sp³-hybridized carbons (Fsp3) is 0. The molecular weight excluding hydrogens is 100 g/mol. The Labute approximate surface area is 52.2 Å². The molecule has 2 unspecified atom stereocenters. The van der Waals surface area contributed by atoms with Crippen molar-refractivity contribution in [2.45, 2.75) is 0 Å². The summed E-state index contributed by atoms with van der Waals surface area (Å²) in [7, 11) is 0. The molecule has 0 aromatic heterocycles. The first-order chi connectivity index (χ1) is 0. The molecule has 0 rings (SSSR count). The number of hydrogen-bond donors (Lipinski definition) is 1. The molecule has 0 aromatic rings. The van der Waals surface area contributed by atoms with Crippen molar-refractivity contribution < 1.29 is 2.85 Å². The molecule has 3 N–H and O–H groups in total. The van der Waals surface area contributed by atoms with Gasteiger partial charge < -0.3 is 9.00 Å². The summed E-state index contributed by atoms with van der Waals surface area (Å²) >= 11 is 0. The number of rotatable bonds is 0. The predicted molar refractivity (Wildman–Crippen MR) is 35.2 cm³/mol. The van der Waals surface area contributed by atoms with Crippen LogP contribution in [-0.4, -0.2) is 23.1 Å². The smallest absolute Gasteiger partial charge is 1.00 e. The minimum atomic E-state index is 0. The van der Waals surface area contributed by atoms with Crippen LogP contribution in [0.2, 0.25) is 0 Å². The van der Waals surface area contributed by atoms with Gasteiger partial charge in [0.25, 0.3) is 0 Å².